The van der Waals surface area contributed by atoms with Crippen molar-refractivity contribution in [2.24, 2.45) is 5.10 Å². The van der Waals surface area contributed by atoms with E-state index < -0.39 is 16.0 Å². The molecule has 9 heteroatoms. The predicted molar refractivity (Wildman–Crippen MR) is 134 cm³/mol. The number of amides is 1. The van der Waals surface area contributed by atoms with Gasteiger partial charge in [-0.15, -0.1) is 0 Å². The van der Waals surface area contributed by atoms with Gasteiger partial charge in [0.1, 0.15) is 4.90 Å². The number of nitrogens with one attached hydrogen (secondary N) is 1. The van der Waals surface area contributed by atoms with E-state index in [0.717, 1.165) is 5.56 Å². The van der Waals surface area contributed by atoms with Gasteiger partial charge in [0.05, 0.1) is 17.5 Å². The molecule has 172 valence electrons. The summed E-state index contributed by atoms with van der Waals surface area (Å²) in [5, 5.41) is 4.03. The molecule has 0 spiro atoms. The molecule has 0 unspecified atom stereocenters. The van der Waals surface area contributed by atoms with Crippen LogP contribution in [0.25, 0.3) is 5.69 Å². The Morgan fingerprint density at radius 3 is 2.44 bits per heavy atom. The molecular formula is C25H20BrN3O4S. The number of halogens is 1. The normalized spacial score (nSPS) is 11.5. The van der Waals surface area contributed by atoms with Crippen LogP contribution in [0.4, 0.5) is 0 Å². The number of aromatic nitrogens is 1. The number of aryl methyl sites for hydroxylation is 1. The number of hydrazone groups is 1. The Labute approximate surface area is 206 Å². The second-order valence-electron chi connectivity index (χ2n) is 7.34. The molecule has 0 radical (unpaired) electrons. The highest BCUT2D eigenvalue weighted by atomic mass is 79.9. The van der Waals surface area contributed by atoms with E-state index in [1.165, 1.54) is 24.4 Å². The fourth-order valence-corrected chi connectivity index (χ4v) is 4.51. The molecule has 4 aromatic rings. The Morgan fingerprint density at radius 1 is 1.00 bits per heavy atom. The minimum Gasteiger partial charge on any atom is -0.378 e. The van der Waals surface area contributed by atoms with Crippen LogP contribution in [0.1, 0.15) is 21.5 Å². The molecule has 1 aromatic heterocycles. The number of nitrogens with zero attached hydrogens (tertiary/aromatic N) is 2. The highest BCUT2D eigenvalue weighted by Gasteiger charge is 2.18. The van der Waals surface area contributed by atoms with Gasteiger partial charge in [-0.3, -0.25) is 4.79 Å². The Morgan fingerprint density at radius 2 is 1.71 bits per heavy atom. The zero-order chi connectivity index (χ0) is 24.1. The van der Waals surface area contributed by atoms with Crippen molar-refractivity contribution in [2.45, 2.75) is 11.8 Å². The maximum Gasteiger partial charge on any atom is 0.339 e. The quantitative estimate of drug-likeness (QED) is 0.202. The first-order valence-electron chi connectivity index (χ1n) is 10.2. The monoisotopic (exact) mass is 537 g/mol. The van der Waals surface area contributed by atoms with E-state index in [0.29, 0.717) is 21.3 Å². The van der Waals surface area contributed by atoms with Gasteiger partial charge in [0.2, 0.25) is 0 Å². The molecule has 0 aliphatic rings. The summed E-state index contributed by atoms with van der Waals surface area (Å²) in [5.74, 6) is -0.334. The first-order valence-corrected chi connectivity index (χ1v) is 12.4. The maximum absolute atomic E-state index is 12.8. The number of para-hydroxylation sites is 1. The van der Waals surface area contributed by atoms with E-state index >= 15 is 0 Å². The number of hydrogen-bond acceptors (Lipinski definition) is 5. The molecule has 0 saturated heterocycles. The minimum atomic E-state index is -4.05. The zero-order valence-electron chi connectivity index (χ0n) is 18.1. The highest BCUT2D eigenvalue weighted by molar-refractivity contribution is 9.10. The van der Waals surface area contributed by atoms with Gasteiger partial charge in [-0.2, -0.15) is 13.5 Å². The summed E-state index contributed by atoms with van der Waals surface area (Å²) in [6.07, 6.45) is 5.02. The fourth-order valence-electron chi connectivity index (χ4n) is 3.17. The molecule has 0 atom stereocenters. The smallest absolute Gasteiger partial charge is 0.339 e. The Hall–Kier alpha value is -3.69. The van der Waals surface area contributed by atoms with Crippen LogP contribution in [-0.4, -0.2) is 25.1 Å². The second kappa shape index (κ2) is 10.1. The molecule has 34 heavy (non-hydrogen) atoms. The van der Waals surface area contributed by atoms with E-state index in [1.807, 2.05) is 48.1 Å². The van der Waals surface area contributed by atoms with Gasteiger partial charge >= 0.3 is 10.1 Å². The van der Waals surface area contributed by atoms with Crippen molar-refractivity contribution in [2.75, 3.05) is 0 Å². The van der Waals surface area contributed by atoms with E-state index in [-0.39, 0.29) is 10.6 Å². The molecule has 0 aliphatic heterocycles. The molecule has 0 fully saturated rings. The summed E-state index contributed by atoms with van der Waals surface area (Å²) < 4.78 is 33.3. The Balaban J connectivity index is 1.55. The molecule has 1 N–H and O–H groups in total. The number of carbonyl (C=O) groups excluding carboxylic acids is 1. The van der Waals surface area contributed by atoms with Crippen LogP contribution < -0.4 is 9.61 Å². The third kappa shape index (κ3) is 5.44. The van der Waals surface area contributed by atoms with Crippen molar-refractivity contribution in [3.8, 4) is 11.4 Å². The lowest BCUT2D eigenvalue weighted by Crippen LogP contribution is -2.19. The highest BCUT2D eigenvalue weighted by Crippen LogP contribution is 2.25. The molecule has 1 amide bonds. The molecule has 0 bridgehead atoms. The molecule has 3 aromatic carbocycles. The van der Waals surface area contributed by atoms with Gasteiger partial charge in [0, 0.05) is 22.4 Å². The van der Waals surface area contributed by atoms with Gasteiger partial charge in [0.25, 0.3) is 5.91 Å². The maximum atomic E-state index is 12.8. The molecule has 0 aliphatic carbocycles. The molecular weight excluding hydrogens is 518 g/mol. The number of hydrogen-bond donors (Lipinski definition) is 1. The van der Waals surface area contributed by atoms with Crippen LogP contribution in [0.2, 0.25) is 0 Å². The summed E-state index contributed by atoms with van der Waals surface area (Å²) in [6, 6.07) is 22.0. The van der Waals surface area contributed by atoms with Crippen molar-refractivity contribution in [3.05, 3.63) is 112 Å². The van der Waals surface area contributed by atoms with E-state index in [1.54, 1.807) is 36.4 Å². The van der Waals surface area contributed by atoms with Crippen molar-refractivity contribution in [1.82, 2.24) is 9.99 Å². The zero-order valence-corrected chi connectivity index (χ0v) is 20.5. The average molecular weight is 538 g/mol. The van der Waals surface area contributed by atoms with Crippen LogP contribution >= 0.6 is 15.9 Å². The lowest BCUT2D eigenvalue weighted by molar-refractivity contribution is 0.0955. The van der Waals surface area contributed by atoms with Crippen LogP contribution in [0.15, 0.2) is 106 Å². The predicted octanol–water partition coefficient (Wildman–Crippen LogP) is 5.08. The number of rotatable bonds is 7. The Kier molecular flexibility index (Phi) is 6.95. The molecule has 1 heterocycles. The number of benzene rings is 3. The standard InChI is InChI=1S/C25H20BrN3O4S/c1-18-8-11-21(12-9-18)34(31,32)33-24-13-10-20(26)16-19(24)17-27-28-25(30)22-6-2-3-7-23(22)29-14-4-5-15-29/h2-17H,1H3,(H,28,30)/b27-17-. The van der Waals surface area contributed by atoms with Crippen LogP contribution in [0.3, 0.4) is 0 Å². The second-order valence-corrected chi connectivity index (χ2v) is 9.80. The summed E-state index contributed by atoms with van der Waals surface area (Å²) in [4.78, 5) is 12.8. The first kappa shape index (κ1) is 23.5. The SMILES string of the molecule is Cc1ccc(S(=O)(=O)Oc2ccc(Br)cc2/C=N\NC(=O)c2ccccc2-n2cccc2)cc1. The summed E-state index contributed by atoms with van der Waals surface area (Å²) in [5.41, 5.74) is 4.93. The third-order valence-electron chi connectivity index (χ3n) is 4.88. The summed E-state index contributed by atoms with van der Waals surface area (Å²) >= 11 is 3.36. The summed E-state index contributed by atoms with van der Waals surface area (Å²) in [7, 11) is -4.05. The van der Waals surface area contributed by atoms with E-state index in [4.69, 9.17) is 4.18 Å². The van der Waals surface area contributed by atoms with Crippen molar-refractivity contribution in [3.63, 3.8) is 0 Å². The van der Waals surface area contributed by atoms with Crippen LogP contribution in [-0.2, 0) is 10.1 Å². The molecule has 0 saturated carbocycles. The molecule has 4 rings (SSSR count). The molecule has 7 nitrogen and oxygen atoms in total. The third-order valence-corrected chi connectivity index (χ3v) is 6.62. The average Bonchev–Trinajstić information content (AvgIpc) is 3.36. The lowest BCUT2D eigenvalue weighted by atomic mass is 10.1. The lowest BCUT2D eigenvalue weighted by Gasteiger charge is -2.11. The van der Waals surface area contributed by atoms with Crippen LogP contribution in [0, 0.1) is 6.92 Å². The van der Waals surface area contributed by atoms with Gasteiger partial charge in [-0.1, -0.05) is 45.8 Å². The Bertz CT molecular complexity index is 1450. The van der Waals surface area contributed by atoms with Crippen LogP contribution in [0.5, 0.6) is 5.75 Å². The van der Waals surface area contributed by atoms with Crippen molar-refractivity contribution < 1.29 is 17.4 Å². The largest absolute Gasteiger partial charge is 0.378 e. The van der Waals surface area contributed by atoms with Crippen molar-refractivity contribution in [1.29, 1.82) is 0 Å². The van der Waals surface area contributed by atoms with Crippen molar-refractivity contribution >= 4 is 38.2 Å². The van der Waals surface area contributed by atoms with Gasteiger partial charge < -0.3 is 8.75 Å². The van der Waals surface area contributed by atoms with E-state index in [9.17, 15) is 13.2 Å². The van der Waals surface area contributed by atoms with Gasteiger partial charge in [0.15, 0.2) is 5.75 Å². The number of carbonyl (C=O) groups is 1. The van der Waals surface area contributed by atoms with Gasteiger partial charge in [-0.05, 0) is 61.5 Å². The fraction of sp³-hybridized carbons (Fsp3) is 0.0400. The van der Waals surface area contributed by atoms with Gasteiger partial charge in [-0.25, -0.2) is 5.43 Å². The minimum absolute atomic E-state index is 0.0406. The van der Waals surface area contributed by atoms with E-state index in [2.05, 4.69) is 26.5 Å². The topological polar surface area (TPSA) is 89.8 Å². The summed E-state index contributed by atoms with van der Waals surface area (Å²) in [6.45, 7) is 1.87. The first-order chi connectivity index (χ1) is 16.3.